The fourth-order valence-corrected chi connectivity index (χ4v) is 11.4. The van der Waals surface area contributed by atoms with Gasteiger partial charge in [0, 0.05) is 93.0 Å². The second-order valence-corrected chi connectivity index (χ2v) is 18.3. The summed E-state index contributed by atoms with van der Waals surface area (Å²) in [5, 5.41) is 12.4. The molecule has 3 fully saturated rings. The largest absolute Gasteiger partial charge is 0.508 e. The molecule has 4 atom stereocenters. The molecule has 1 spiro atoms. The third-order valence-electron chi connectivity index (χ3n) is 14.6. The number of aromatic hydroxyl groups is 1. The lowest BCUT2D eigenvalue weighted by atomic mass is 9.57. The number of piperidine rings is 1. The van der Waals surface area contributed by atoms with Crippen molar-refractivity contribution in [2.75, 3.05) is 62.3 Å². The molecule has 0 aromatic heterocycles. The van der Waals surface area contributed by atoms with Crippen LogP contribution in [0.5, 0.6) is 17.2 Å². The number of rotatable bonds is 10. The van der Waals surface area contributed by atoms with Crippen LogP contribution in [-0.4, -0.2) is 97.7 Å². The Morgan fingerprint density at radius 3 is 2.48 bits per heavy atom. The predicted molar refractivity (Wildman–Crippen MR) is 230 cm³/mol. The number of anilines is 2. The van der Waals surface area contributed by atoms with Crippen LogP contribution in [0.15, 0.2) is 84.9 Å². The van der Waals surface area contributed by atoms with Crippen LogP contribution in [0.3, 0.4) is 0 Å². The number of phenols is 1. The minimum absolute atomic E-state index is 0.0248. The van der Waals surface area contributed by atoms with E-state index in [0.717, 1.165) is 73.5 Å². The van der Waals surface area contributed by atoms with E-state index in [9.17, 15) is 19.5 Å². The molecule has 312 valence electrons. The maximum atomic E-state index is 13.4. The van der Waals surface area contributed by atoms with Gasteiger partial charge in [-0.15, -0.1) is 0 Å². The van der Waals surface area contributed by atoms with E-state index in [1.807, 2.05) is 24.0 Å². The van der Waals surface area contributed by atoms with E-state index in [2.05, 4.69) is 80.7 Å². The van der Waals surface area contributed by atoms with E-state index >= 15 is 0 Å². The molecule has 6 aliphatic rings. The van der Waals surface area contributed by atoms with Gasteiger partial charge < -0.3 is 29.3 Å². The van der Waals surface area contributed by atoms with E-state index in [1.54, 1.807) is 12.1 Å². The molecule has 60 heavy (non-hydrogen) atoms. The number of imide groups is 1. The van der Waals surface area contributed by atoms with Crippen molar-refractivity contribution in [3.63, 3.8) is 0 Å². The van der Waals surface area contributed by atoms with Crippen LogP contribution >= 0.6 is 0 Å². The Morgan fingerprint density at radius 1 is 0.917 bits per heavy atom. The molecule has 4 aromatic carbocycles. The van der Waals surface area contributed by atoms with E-state index < -0.39 is 0 Å². The molecule has 11 heteroatoms. The van der Waals surface area contributed by atoms with Crippen molar-refractivity contribution < 1.29 is 29.0 Å². The van der Waals surface area contributed by atoms with Gasteiger partial charge in [0.2, 0.25) is 12.3 Å². The Balaban J connectivity index is 0.717. The van der Waals surface area contributed by atoms with Crippen molar-refractivity contribution in [3.8, 4) is 17.2 Å². The van der Waals surface area contributed by atoms with Crippen LogP contribution in [0.25, 0.3) is 0 Å². The summed E-state index contributed by atoms with van der Waals surface area (Å²) in [6.45, 7) is 9.98. The highest BCUT2D eigenvalue weighted by Gasteiger charge is 2.47. The molecule has 1 aliphatic carbocycles. The molecule has 4 aromatic rings. The molecule has 2 N–H and O–H groups in total. The highest BCUT2D eigenvalue weighted by molar-refractivity contribution is 6.00. The Hall–Kier alpha value is -5.55. The lowest BCUT2D eigenvalue weighted by Gasteiger charge is -2.54. The first-order chi connectivity index (χ1) is 29.2. The number of nitrogens with zero attached hydrogens (tertiary/aromatic N) is 4. The molecule has 1 saturated carbocycles. The lowest BCUT2D eigenvalue weighted by Crippen LogP contribution is -2.59. The van der Waals surface area contributed by atoms with Crippen molar-refractivity contribution in [2.45, 2.75) is 75.9 Å². The van der Waals surface area contributed by atoms with Crippen molar-refractivity contribution in [1.82, 2.24) is 15.1 Å². The molecule has 11 nitrogen and oxygen atoms in total. The van der Waals surface area contributed by atoms with Gasteiger partial charge in [-0.25, -0.2) is 0 Å². The van der Waals surface area contributed by atoms with E-state index in [1.165, 1.54) is 42.5 Å². The van der Waals surface area contributed by atoms with E-state index in [0.29, 0.717) is 43.6 Å². The number of nitrogens with one attached hydrogen (secondary N) is 1. The van der Waals surface area contributed by atoms with Crippen LogP contribution in [0.2, 0.25) is 0 Å². The first-order valence-electron chi connectivity index (χ1n) is 21.9. The summed E-state index contributed by atoms with van der Waals surface area (Å²) < 4.78 is 12.5. The smallest absolute Gasteiger partial charge is 0.254 e. The minimum Gasteiger partial charge on any atom is -0.508 e. The van der Waals surface area contributed by atoms with Gasteiger partial charge in [0.25, 0.3) is 5.91 Å². The molecule has 3 amide bonds. The van der Waals surface area contributed by atoms with Crippen molar-refractivity contribution >= 4 is 29.6 Å². The number of phenolic OH excluding ortho intramolecular Hbond substituents is 1. The third-order valence-corrected chi connectivity index (χ3v) is 14.6. The second kappa shape index (κ2) is 15.8. The molecule has 5 heterocycles. The summed E-state index contributed by atoms with van der Waals surface area (Å²) >= 11 is 0. The minimum atomic E-state index is -0.327. The third kappa shape index (κ3) is 7.24. The first-order valence-corrected chi connectivity index (χ1v) is 21.9. The molecule has 0 radical (unpaired) electrons. The zero-order chi connectivity index (χ0) is 41.0. The number of carbonyl (C=O) groups is 3. The highest BCUT2D eigenvalue weighted by Crippen LogP contribution is 2.54. The van der Waals surface area contributed by atoms with Crippen LogP contribution < -0.4 is 24.6 Å². The van der Waals surface area contributed by atoms with Crippen molar-refractivity contribution in [3.05, 3.63) is 113 Å². The summed E-state index contributed by atoms with van der Waals surface area (Å²) in [4.78, 5) is 45.4. The molecule has 5 aliphatic heterocycles. The highest BCUT2D eigenvalue weighted by atomic mass is 16.5. The zero-order valence-electron chi connectivity index (χ0n) is 34.4. The molecule has 0 bridgehead atoms. The number of hydrogen-bond donors (Lipinski definition) is 2. The summed E-state index contributed by atoms with van der Waals surface area (Å²) in [6, 6.07) is 29.7. The topological polar surface area (TPSA) is 115 Å². The molecular formula is C49H55N5O6. The average Bonchev–Trinajstić information content (AvgIpc) is 3.59. The molecule has 2 saturated heterocycles. The normalized spacial score (nSPS) is 23.6. The van der Waals surface area contributed by atoms with E-state index in [-0.39, 0.29) is 47.9 Å². The van der Waals surface area contributed by atoms with Gasteiger partial charge in [-0.1, -0.05) is 48.5 Å². The fraction of sp³-hybridized carbons (Fsp3) is 0.449. The lowest BCUT2D eigenvalue weighted by molar-refractivity contribution is -0.125. The quantitative estimate of drug-likeness (QED) is 0.170. The number of fused-ring (bicyclic) bond motifs is 5. The van der Waals surface area contributed by atoms with Crippen LogP contribution in [-0.2, 0) is 16.1 Å². The number of piperazine rings is 1. The van der Waals surface area contributed by atoms with E-state index in [4.69, 9.17) is 9.47 Å². The second-order valence-electron chi connectivity index (χ2n) is 18.3. The number of benzene rings is 4. The maximum absolute atomic E-state index is 13.4. The Morgan fingerprint density at radius 2 is 1.70 bits per heavy atom. The number of ether oxygens (including phenoxy) is 2. The van der Waals surface area contributed by atoms with Gasteiger partial charge in [0.1, 0.15) is 23.9 Å². The van der Waals surface area contributed by atoms with Gasteiger partial charge in [-0.05, 0) is 97.4 Å². The predicted octanol–water partition coefficient (Wildman–Crippen LogP) is 6.68. The van der Waals surface area contributed by atoms with Gasteiger partial charge in [-0.2, -0.15) is 0 Å². The van der Waals surface area contributed by atoms with Crippen LogP contribution in [0.4, 0.5) is 11.4 Å². The standard InChI is InChI=1S/C49H55N5O6/c1-32(7-14-46(57)50-31-55)54-27-36-21-43-45(23-41(36)48(54)58)59-29-38-28-51(19-20-53(38)43)26-33-24-49(25-33)15-17-52(18-16-49)37-10-8-35(9-11-37)47-40-13-12-39(56)22-44(40)60-30-42(47)34-5-3-2-4-6-34/h2-6,8-13,21-23,31-33,38,42,47,56H,7,14-20,24-30H2,1H3,(H,50,55,57)/t32-,38+,42-,47-/m1/s1. The van der Waals surface area contributed by atoms with Crippen molar-refractivity contribution in [2.24, 2.45) is 11.3 Å². The Kier molecular flexibility index (Phi) is 10.2. The average molecular weight is 810 g/mol. The summed E-state index contributed by atoms with van der Waals surface area (Å²) in [5.41, 5.74) is 8.23. The molecule has 0 unspecified atom stereocenters. The van der Waals surface area contributed by atoms with Gasteiger partial charge in [0.15, 0.2) is 0 Å². The Bertz CT molecular complexity index is 2250. The monoisotopic (exact) mass is 809 g/mol. The molecule has 10 rings (SSSR count). The Labute approximate surface area is 352 Å². The van der Waals surface area contributed by atoms with Gasteiger partial charge in [-0.3, -0.25) is 24.6 Å². The number of amides is 3. The fourth-order valence-electron chi connectivity index (χ4n) is 11.4. The van der Waals surface area contributed by atoms with Crippen molar-refractivity contribution in [1.29, 1.82) is 0 Å². The van der Waals surface area contributed by atoms with Crippen LogP contribution in [0.1, 0.15) is 89.9 Å². The number of carbonyl (C=O) groups excluding carboxylic acids is 3. The summed E-state index contributed by atoms with van der Waals surface area (Å²) in [7, 11) is 0. The zero-order valence-corrected chi connectivity index (χ0v) is 34.4. The molecular weight excluding hydrogens is 755 g/mol. The maximum Gasteiger partial charge on any atom is 0.254 e. The summed E-state index contributed by atoms with van der Waals surface area (Å²) in [5.74, 6) is 2.52. The SMILES string of the molecule is C[C@H](CCC(=O)NC=O)N1Cc2cc3c(cc2C1=O)OC[C@@H]1CN(CC2CC4(CCN(c5ccc([C@@H]6c7ccc(O)cc7OC[C@@H]6c6ccccc6)cc5)CC4)C2)CCN31. The first kappa shape index (κ1) is 38.6. The number of hydrogen-bond acceptors (Lipinski definition) is 9. The van der Waals surface area contributed by atoms with Gasteiger partial charge >= 0.3 is 0 Å². The summed E-state index contributed by atoms with van der Waals surface area (Å²) in [6.07, 6.45) is 6.23. The van der Waals surface area contributed by atoms with Crippen LogP contribution in [0, 0.1) is 11.3 Å². The van der Waals surface area contributed by atoms with Gasteiger partial charge in [0.05, 0.1) is 18.3 Å².